The molecule has 0 saturated heterocycles. The van der Waals surface area contributed by atoms with Gasteiger partial charge < -0.3 is 10.3 Å². The Balaban J connectivity index is 1.75. The minimum atomic E-state index is -0.250. The Hall–Kier alpha value is -2.27. The van der Waals surface area contributed by atoms with Gasteiger partial charge in [0.1, 0.15) is 0 Å². The Morgan fingerprint density at radius 1 is 1.12 bits per heavy atom. The van der Waals surface area contributed by atoms with Gasteiger partial charge in [-0.25, -0.2) is 4.98 Å². The van der Waals surface area contributed by atoms with Crippen LogP contribution in [0.1, 0.15) is 37.8 Å². The average molecular weight is 353 g/mol. The minimum Gasteiger partial charge on any atom is -0.333 e. The number of thioether (sulfide) groups is 1. The number of aryl methyl sites for hydroxylation is 1. The van der Waals surface area contributed by atoms with Crippen molar-refractivity contribution < 1.29 is 4.79 Å². The third-order valence-electron chi connectivity index (χ3n) is 4.20. The molecule has 1 heterocycles. The maximum Gasteiger partial charge on any atom is 0.237 e. The first-order valence-electron chi connectivity index (χ1n) is 8.47. The number of aromatic amines is 1. The minimum absolute atomic E-state index is 0.0124. The van der Waals surface area contributed by atoms with Crippen LogP contribution in [0.2, 0.25) is 0 Å². The van der Waals surface area contributed by atoms with Crippen molar-refractivity contribution in [2.24, 2.45) is 0 Å². The van der Waals surface area contributed by atoms with E-state index in [-0.39, 0.29) is 11.2 Å². The molecule has 3 aromatic rings. The lowest BCUT2D eigenvalue weighted by Gasteiger charge is -2.18. The number of hydrogen-bond acceptors (Lipinski definition) is 3. The van der Waals surface area contributed by atoms with Crippen molar-refractivity contribution in [2.45, 2.75) is 44.0 Å². The predicted octanol–water partition coefficient (Wildman–Crippen LogP) is 5.11. The lowest BCUT2D eigenvalue weighted by Crippen LogP contribution is -2.24. The zero-order valence-corrected chi connectivity index (χ0v) is 15.8. The lowest BCUT2D eigenvalue weighted by molar-refractivity contribution is -0.115. The van der Waals surface area contributed by atoms with Crippen molar-refractivity contribution in [2.75, 3.05) is 5.32 Å². The molecule has 0 aliphatic rings. The molecule has 5 heteroatoms. The lowest BCUT2D eigenvalue weighted by atomic mass is 9.98. The van der Waals surface area contributed by atoms with Crippen LogP contribution in [0.5, 0.6) is 0 Å². The van der Waals surface area contributed by atoms with E-state index in [1.165, 1.54) is 11.8 Å². The van der Waals surface area contributed by atoms with E-state index in [1.807, 2.05) is 50.2 Å². The quantitative estimate of drug-likeness (QED) is 0.626. The van der Waals surface area contributed by atoms with Gasteiger partial charge in [0.15, 0.2) is 5.16 Å². The smallest absolute Gasteiger partial charge is 0.237 e. The third kappa shape index (κ3) is 3.87. The van der Waals surface area contributed by atoms with E-state index >= 15 is 0 Å². The number of carbonyl (C=O) groups is 1. The van der Waals surface area contributed by atoms with Crippen LogP contribution in [0.3, 0.4) is 0 Å². The van der Waals surface area contributed by atoms with Crippen LogP contribution in [0, 0.1) is 6.92 Å². The summed E-state index contributed by atoms with van der Waals surface area (Å²) in [6.45, 7) is 8.20. The van der Waals surface area contributed by atoms with Crippen molar-refractivity contribution in [1.82, 2.24) is 9.97 Å². The second-order valence-corrected chi connectivity index (χ2v) is 7.83. The number of amides is 1. The highest BCUT2D eigenvalue weighted by Crippen LogP contribution is 2.29. The van der Waals surface area contributed by atoms with Gasteiger partial charge >= 0.3 is 0 Å². The van der Waals surface area contributed by atoms with Gasteiger partial charge in [0.25, 0.3) is 0 Å². The number of para-hydroxylation sites is 3. The molecule has 0 fully saturated rings. The molecule has 130 valence electrons. The Morgan fingerprint density at radius 3 is 2.60 bits per heavy atom. The van der Waals surface area contributed by atoms with E-state index in [9.17, 15) is 4.79 Å². The molecule has 4 nitrogen and oxygen atoms in total. The van der Waals surface area contributed by atoms with Gasteiger partial charge in [-0.3, -0.25) is 4.79 Å². The monoisotopic (exact) mass is 353 g/mol. The first kappa shape index (κ1) is 17.5. The molecule has 25 heavy (non-hydrogen) atoms. The van der Waals surface area contributed by atoms with Crippen LogP contribution in [0.15, 0.2) is 47.6 Å². The molecule has 2 aromatic carbocycles. The number of nitrogens with zero attached hydrogens (tertiary/aromatic N) is 1. The molecule has 0 bridgehead atoms. The molecule has 2 N–H and O–H groups in total. The average Bonchev–Trinajstić information content (AvgIpc) is 2.98. The molecule has 0 aliphatic heterocycles. The van der Waals surface area contributed by atoms with Crippen molar-refractivity contribution in [3.8, 4) is 0 Å². The Kier molecular flexibility index (Phi) is 5.13. The van der Waals surface area contributed by atoms with Gasteiger partial charge in [-0.2, -0.15) is 0 Å². The highest BCUT2D eigenvalue weighted by atomic mass is 32.2. The zero-order chi connectivity index (χ0) is 18.0. The summed E-state index contributed by atoms with van der Waals surface area (Å²) in [6.07, 6.45) is 0. The van der Waals surface area contributed by atoms with Gasteiger partial charge in [-0.1, -0.05) is 55.9 Å². The molecular weight excluding hydrogens is 330 g/mol. The topological polar surface area (TPSA) is 57.8 Å². The van der Waals surface area contributed by atoms with E-state index < -0.39 is 0 Å². The number of anilines is 1. The highest BCUT2D eigenvalue weighted by molar-refractivity contribution is 8.00. The number of aromatic nitrogens is 2. The number of benzene rings is 2. The van der Waals surface area contributed by atoms with Crippen molar-refractivity contribution in [1.29, 1.82) is 0 Å². The van der Waals surface area contributed by atoms with Crippen LogP contribution in [-0.2, 0) is 4.79 Å². The molecule has 0 radical (unpaired) electrons. The summed E-state index contributed by atoms with van der Waals surface area (Å²) < 4.78 is 0. The van der Waals surface area contributed by atoms with Crippen LogP contribution in [0.25, 0.3) is 11.0 Å². The summed E-state index contributed by atoms with van der Waals surface area (Å²) in [7, 11) is 0. The molecule has 0 spiro atoms. The fourth-order valence-corrected chi connectivity index (χ4v) is 3.59. The van der Waals surface area contributed by atoms with E-state index in [2.05, 4.69) is 35.2 Å². The zero-order valence-electron chi connectivity index (χ0n) is 15.0. The van der Waals surface area contributed by atoms with Gasteiger partial charge in [0.2, 0.25) is 5.91 Å². The number of rotatable bonds is 5. The van der Waals surface area contributed by atoms with Gasteiger partial charge in [0.05, 0.1) is 16.3 Å². The first-order valence-corrected chi connectivity index (χ1v) is 9.35. The normalized spacial score (nSPS) is 12.5. The number of nitrogens with one attached hydrogen (secondary N) is 2. The van der Waals surface area contributed by atoms with Crippen LogP contribution in [0.4, 0.5) is 5.69 Å². The number of carbonyl (C=O) groups excluding carboxylic acids is 1. The molecule has 0 aliphatic carbocycles. The molecule has 1 aromatic heterocycles. The van der Waals surface area contributed by atoms with Crippen molar-refractivity contribution in [3.63, 3.8) is 0 Å². The van der Waals surface area contributed by atoms with E-state index in [1.54, 1.807) is 0 Å². The molecular formula is C20H23N3OS. The van der Waals surface area contributed by atoms with Crippen LogP contribution < -0.4 is 5.32 Å². The van der Waals surface area contributed by atoms with Gasteiger partial charge in [0, 0.05) is 5.69 Å². The fourth-order valence-electron chi connectivity index (χ4n) is 2.77. The van der Waals surface area contributed by atoms with Crippen LogP contribution >= 0.6 is 11.8 Å². The molecule has 3 rings (SSSR count). The maximum atomic E-state index is 12.7. The fraction of sp³-hybridized carbons (Fsp3) is 0.300. The van der Waals surface area contributed by atoms with Gasteiger partial charge in [-0.15, -0.1) is 0 Å². The predicted molar refractivity (Wildman–Crippen MR) is 105 cm³/mol. The standard InChI is InChI=1S/C20H23N3OS/c1-12(2)15-9-7-8-13(3)18(15)23-19(24)14(4)25-20-21-16-10-5-6-11-17(16)22-20/h5-12,14H,1-4H3,(H,21,22)(H,23,24). The number of imidazole rings is 1. The maximum absolute atomic E-state index is 12.7. The largest absolute Gasteiger partial charge is 0.333 e. The number of hydrogen-bond donors (Lipinski definition) is 2. The molecule has 1 atom stereocenters. The molecule has 0 saturated carbocycles. The van der Waals surface area contributed by atoms with Crippen molar-refractivity contribution in [3.05, 3.63) is 53.6 Å². The summed E-state index contributed by atoms with van der Waals surface area (Å²) in [5, 5.41) is 3.62. The Bertz CT molecular complexity index is 868. The Labute approximate surface area is 152 Å². The highest BCUT2D eigenvalue weighted by Gasteiger charge is 2.19. The summed E-state index contributed by atoms with van der Waals surface area (Å²) in [5.41, 5.74) is 5.08. The SMILES string of the molecule is Cc1cccc(C(C)C)c1NC(=O)C(C)Sc1nc2ccccc2[nH]1. The van der Waals surface area contributed by atoms with Crippen molar-refractivity contribution >= 4 is 34.4 Å². The third-order valence-corrected chi connectivity index (χ3v) is 5.18. The first-order chi connectivity index (χ1) is 12.0. The molecule has 1 unspecified atom stereocenters. The van der Waals surface area contributed by atoms with E-state index in [4.69, 9.17) is 0 Å². The summed E-state index contributed by atoms with van der Waals surface area (Å²) in [6, 6.07) is 14.0. The second kappa shape index (κ2) is 7.31. The van der Waals surface area contributed by atoms with E-state index in [0.29, 0.717) is 5.92 Å². The van der Waals surface area contributed by atoms with Gasteiger partial charge in [-0.05, 0) is 43.0 Å². The number of fused-ring (bicyclic) bond motifs is 1. The van der Waals surface area contributed by atoms with Crippen LogP contribution in [-0.4, -0.2) is 21.1 Å². The Morgan fingerprint density at radius 2 is 1.88 bits per heavy atom. The number of H-pyrrole nitrogens is 1. The summed E-state index contributed by atoms with van der Waals surface area (Å²) in [5.74, 6) is 0.343. The van der Waals surface area contributed by atoms with E-state index in [0.717, 1.165) is 33.0 Å². The summed E-state index contributed by atoms with van der Waals surface area (Å²) in [4.78, 5) is 20.5. The second-order valence-electron chi connectivity index (χ2n) is 6.50. The molecule has 1 amide bonds. The summed E-state index contributed by atoms with van der Waals surface area (Å²) >= 11 is 1.44.